The molecule has 0 unspecified atom stereocenters. The first-order valence-corrected chi connectivity index (χ1v) is 8.05. The number of benzene rings is 1. The fraction of sp³-hybridized carbons (Fsp3) is 0.273. The zero-order chi connectivity index (χ0) is 14.8. The molecule has 0 fully saturated rings. The van der Waals surface area contributed by atoms with Crippen molar-refractivity contribution in [2.24, 2.45) is 0 Å². The highest BCUT2D eigenvalue weighted by Crippen LogP contribution is 2.25. The van der Waals surface area contributed by atoms with Gasteiger partial charge in [-0.3, -0.25) is 4.72 Å². The minimum Gasteiger partial charge on any atom is -0.466 e. The summed E-state index contributed by atoms with van der Waals surface area (Å²) in [4.78, 5) is 0.105. The van der Waals surface area contributed by atoms with Crippen molar-refractivity contribution < 1.29 is 13.2 Å². The number of nitrogen functional groups attached to an aromatic ring is 1. The van der Waals surface area contributed by atoms with Gasteiger partial charge in [0.05, 0.1) is 11.0 Å². The topological polar surface area (TPSA) is 107 Å². The average Bonchev–Trinajstić information content (AvgIpc) is 2.75. The summed E-state index contributed by atoms with van der Waals surface area (Å²) < 4.78 is 31.8. The minimum atomic E-state index is -3.70. The van der Waals surface area contributed by atoms with Gasteiger partial charge in [-0.1, -0.05) is 5.10 Å². The molecule has 2 aromatic rings. The molecule has 0 atom stereocenters. The third-order valence-corrected chi connectivity index (χ3v) is 4.37. The molecule has 20 heavy (non-hydrogen) atoms. The van der Waals surface area contributed by atoms with Crippen LogP contribution in [0.5, 0.6) is 5.19 Å². The number of anilines is 2. The minimum absolute atomic E-state index is 0.0514. The average molecular weight is 314 g/mol. The van der Waals surface area contributed by atoms with Crippen molar-refractivity contribution in [2.45, 2.75) is 24.8 Å². The van der Waals surface area contributed by atoms with E-state index in [2.05, 4.69) is 14.9 Å². The number of aromatic nitrogens is 2. The number of ether oxygens (including phenoxy) is 1. The second kappa shape index (κ2) is 5.63. The Balaban J connectivity index is 2.16. The lowest BCUT2D eigenvalue weighted by Gasteiger charge is -2.05. The van der Waals surface area contributed by atoms with E-state index in [9.17, 15) is 8.42 Å². The molecule has 0 saturated carbocycles. The molecule has 1 aromatic carbocycles. The molecule has 0 spiro atoms. The van der Waals surface area contributed by atoms with Crippen molar-refractivity contribution in [1.29, 1.82) is 0 Å². The van der Waals surface area contributed by atoms with Crippen molar-refractivity contribution in [3.63, 3.8) is 0 Å². The lowest BCUT2D eigenvalue weighted by Crippen LogP contribution is -2.12. The van der Waals surface area contributed by atoms with Crippen LogP contribution in [0, 0.1) is 0 Å². The first kappa shape index (κ1) is 14.5. The molecule has 7 nitrogen and oxygen atoms in total. The second-order valence-electron chi connectivity index (χ2n) is 4.21. The summed E-state index contributed by atoms with van der Waals surface area (Å²) in [5.74, 6) is 0. The van der Waals surface area contributed by atoms with Gasteiger partial charge in [0, 0.05) is 5.69 Å². The van der Waals surface area contributed by atoms with Gasteiger partial charge in [-0.2, -0.15) is 0 Å². The molecular weight excluding hydrogens is 300 g/mol. The first-order valence-electron chi connectivity index (χ1n) is 5.75. The van der Waals surface area contributed by atoms with Crippen LogP contribution in [0.2, 0.25) is 0 Å². The van der Waals surface area contributed by atoms with Crippen LogP contribution in [-0.2, 0) is 10.0 Å². The molecule has 1 heterocycles. The van der Waals surface area contributed by atoms with E-state index >= 15 is 0 Å². The van der Waals surface area contributed by atoms with E-state index in [1.54, 1.807) is 0 Å². The lowest BCUT2D eigenvalue weighted by molar-refractivity contribution is 0.239. The van der Waals surface area contributed by atoms with Gasteiger partial charge in [0.2, 0.25) is 5.13 Å². The highest BCUT2D eigenvalue weighted by atomic mass is 32.2. The van der Waals surface area contributed by atoms with Gasteiger partial charge in [-0.15, -0.1) is 5.10 Å². The normalized spacial score (nSPS) is 11.6. The molecule has 0 aliphatic carbocycles. The van der Waals surface area contributed by atoms with Gasteiger partial charge < -0.3 is 10.5 Å². The quantitative estimate of drug-likeness (QED) is 0.813. The first-order chi connectivity index (χ1) is 9.37. The van der Waals surface area contributed by atoms with Crippen molar-refractivity contribution in [1.82, 2.24) is 10.2 Å². The highest BCUT2D eigenvalue weighted by molar-refractivity contribution is 7.93. The number of nitrogens with zero attached hydrogens (tertiary/aromatic N) is 2. The van der Waals surface area contributed by atoms with E-state index in [1.807, 2.05) is 13.8 Å². The Morgan fingerprint density at radius 1 is 1.25 bits per heavy atom. The summed E-state index contributed by atoms with van der Waals surface area (Å²) in [7, 11) is -3.70. The maximum Gasteiger partial charge on any atom is 0.296 e. The van der Waals surface area contributed by atoms with Crippen LogP contribution < -0.4 is 15.2 Å². The SMILES string of the molecule is CC(C)Oc1nnc(NS(=O)(=O)c2ccc(N)cc2)s1. The van der Waals surface area contributed by atoms with Gasteiger partial charge in [-0.25, -0.2) is 8.42 Å². The summed E-state index contributed by atoms with van der Waals surface area (Å²) >= 11 is 1.03. The van der Waals surface area contributed by atoms with Gasteiger partial charge >= 0.3 is 0 Å². The Morgan fingerprint density at radius 3 is 2.50 bits per heavy atom. The largest absolute Gasteiger partial charge is 0.466 e. The summed E-state index contributed by atoms with van der Waals surface area (Å²) in [5, 5.41) is 7.94. The summed E-state index contributed by atoms with van der Waals surface area (Å²) in [5.41, 5.74) is 6.01. The third-order valence-electron chi connectivity index (χ3n) is 2.16. The molecule has 2 rings (SSSR count). The van der Waals surface area contributed by atoms with Crippen molar-refractivity contribution >= 4 is 32.2 Å². The standard InChI is InChI=1S/C11H14N4O3S2/c1-7(2)18-11-14-13-10(19-11)15-20(16,17)9-5-3-8(12)4-6-9/h3-7H,12H2,1-2H3,(H,13,15). The van der Waals surface area contributed by atoms with Crippen LogP contribution in [0.15, 0.2) is 29.2 Å². The van der Waals surface area contributed by atoms with Crippen LogP contribution in [0.1, 0.15) is 13.8 Å². The molecule has 108 valence electrons. The van der Waals surface area contributed by atoms with Crippen LogP contribution in [-0.4, -0.2) is 24.7 Å². The Bertz CT molecular complexity index is 680. The van der Waals surface area contributed by atoms with Crippen LogP contribution >= 0.6 is 11.3 Å². The fourth-order valence-corrected chi connectivity index (χ4v) is 3.27. The number of hydrogen-bond donors (Lipinski definition) is 2. The number of hydrogen-bond acceptors (Lipinski definition) is 7. The molecule has 0 bridgehead atoms. The molecule has 0 aliphatic heterocycles. The number of rotatable bonds is 5. The number of sulfonamides is 1. The predicted octanol–water partition coefficient (Wildman–Crippen LogP) is 1.71. The van der Waals surface area contributed by atoms with Crippen LogP contribution in [0.3, 0.4) is 0 Å². The predicted molar refractivity (Wildman–Crippen MR) is 77.3 cm³/mol. The lowest BCUT2D eigenvalue weighted by atomic mass is 10.3. The number of nitrogens with two attached hydrogens (primary N) is 1. The summed E-state index contributed by atoms with van der Waals surface area (Å²) in [6, 6.07) is 5.87. The van der Waals surface area contributed by atoms with E-state index in [4.69, 9.17) is 10.5 Å². The smallest absolute Gasteiger partial charge is 0.296 e. The highest BCUT2D eigenvalue weighted by Gasteiger charge is 2.17. The zero-order valence-corrected chi connectivity index (χ0v) is 12.5. The maximum absolute atomic E-state index is 12.1. The van der Waals surface area contributed by atoms with Gasteiger partial charge in [0.1, 0.15) is 0 Å². The van der Waals surface area contributed by atoms with E-state index in [-0.39, 0.29) is 16.1 Å². The van der Waals surface area contributed by atoms with Crippen molar-refractivity contribution in [3.05, 3.63) is 24.3 Å². The Labute approximate surface area is 120 Å². The van der Waals surface area contributed by atoms with E-state index in [0.717, 1.165) is 11.3 Å². The molecule has 0 radical (unpaired) electrons. The Morgan fingerprint density at radius 2 is 1.90 bits per heavy atom. The second-order valence-corrected chi connectivity index (χ2v) is 6.84. The van der Waals surface area contributed by atoms with Gasteiger partial charge in [0.25, 0.3) is 15.2 Å². The maximum atomic E-state index is 12.1. The monoisotopic (exact) mass is 314 g/mol. The van der Waals surface area contributed by atoms with Crippen molar-refractivity contribution in [2.75, 3.05) is 10.5 Å². The molecule has 3 N–H and O–H groups in total. The number of nitrogens with one attached hydrogen (secondary N) is 1. The molecule has 1 aromatic heterocycles. The van der Waals surface area contributed by atoms with Crippen LogP contribution in [0.4, 0.5) is 10.8 Å². The summed E-state index contributed by atoms with van der Waals surface area (Å²) in [6.07, 6.45) is -0.0514. The van der Waals surface area contributed by atoms with E-state index < -0.39 is 10.0 Å². The summed E-state index contributed by atoms with van der Waals surface area (Å²) in [6.45, 7) is 3.69. The molecule has 9 heteroatoms. The van der Waals surface area contributed by atoms with E-state index in [1.165, 1.54) is 24.3 Å². The zero-order valence-electron chi connectivity index (χ0n) is 10.9. The van der Waals surface area contributed by atoms with Gasteiger partial charge in [-0.05, 0) is 49.4 Å². The van der Waals surface area contributed by atoms with Crippen molar-refractivity contribution in [3.8, 4) is 5.19 Å². The molecule has 0 saturated heterocycles. The molecular formula is C11H14N4O3S2. The molecule has 0 amide bonds. The Kier molecular flexibility index (Phi) is 4.09. The fourth-order valence-electron chi connectivity index (χ4n) is 1.32. The van der Waals surface area contributed by atoms with Crippen LogP contribution in [0.25, 0.3) is 0 Å². The third kappa shape index (κ3) is 3.58. The Hall–Kier alpha value is -1.87. The molecule has 0 aliphatic rings. The van der Waals surface area contributed by atoms with E-state index in [0.29, 0.717) is 10.9 Å². The van der Waals surface area contributed by atoms with Gasteiger partial charge in [0.15, 0.2) is 0 Å².